The molecule has 3 aromatic carbocycles. The van der Waals surface area contributed by atoms with Crippen molar-refractivity contribution in [3.63, 3.8) is 0 Å². The largest absolute Gasteiger partial charge is 0.496 e. The number of amides is 2. The molecule has 3 rings (SSSR count). The summed E-state index contributed by atoms with van der Waals surface area (Å²) in [6.07, 6.45) is 0.185. The van der Waals surface area contributed by atoms with E-state index in [0.717, 1.165) is 16.5 Å². The van der Waals surface area contributed by atoms with E-state index in [4.69, 9.17) is 4.74 Å². The van der Waals surface area contributed by atoms with Crippen molar-refractivity contribution in [3.05, 3.63) is 72.3 Å². The molecule has 5 nitrogen and oxygen atoms in total. The number of fused-ring (bicyclic) bond motifs is 1. The van der Waals surface area contributed by atoms with Crippen molar-refractivity contribution in [3.8, 4) is 5.75 Å². The molecule has 0 saturated carbocycles. The van der Waals surface area contributed by atoms with Crippen LogP contribution in [0.25, 0.3) is 10.8 Å². The average molecular weight is 348 g/mol. The first-order valence-corrected chi connectivity index (χ1v) is 8.38. The summed E-state index contributed by atoms with van der Waals surface area (Å²) in [5, 5.41) is 7.71. The van der Waals surface area contributed by atoms with E-state index in [1.165, 1.54) is 7.11 Å². The van der Waals surface area contributed by atoms with Crippen LogP contribution in [0, 0.1) is 0 Å². The number of anilines is 1. The SMILES string of the molecule is COc1ccccc1C(=O)NCCC(=O)Nc1cccc2ccccc12. The predicted octanol–water partition coefficient (Wildman–Crippen LogP) is 3.61. The highest BCUT2D eigenvalue weighted by Crippen LogP contribution is 2.23. The molecule has 0 aliphatic rings. The number of hydrogen-bond donors (Lipinski definition) is 2. The number of carbonyl (C=O) groups is 2. The Labute approximate surface area is 152 Å². The summed E-state index contributed by atoms with van der Waals surface area (Å²) in [4.78, 5) is 24.4. The first-order chi connectivity index (χ1) is 12.7. The number of ether oxygens (including phenoxy) is 1. The topological polar surface area (TPSA) is 67.4 Å². The summed E-state index contributed by atoms with van der Waals surface area (Å²) in [5.74, 6) is 0.0901. The van der Waals surface area contributed by atoms with Crippen molar-refractivity contribution in [2.24, 2.45) is 0 Å². The lowest BCUT2D eigenvalue weighted by atomic mass is 10.1. The third kappa shape index (κ3) is 4.00. The third-order valence-electron chi connectivity index (χ3n) is 4.05. The number of nitrogens with one attached hydrogen (secondary N) is 2. The van der Waals surface area contributed by atoms with Gasteiger partial charge in [-0.05, 0) is 23.6 Å². The third-order valence-corrected chi connectivity index (χ3v) is 4.05. The molecule has 2 amide bonds. The summed E-state index contributed by atoms with van der Waals surface area (Å²) in [6.45, 7) is 0.244. The Morgan fingerprint density at radius 2 is 1.65 bits per heavy atom. The Hall–Kier alpha value is -3.34. The van der Waals surface area contributed by atoms with Crippen LogP contribution < -0.4 is 15.4 Å². The molecule has 3 aromatic rings. The lowest BCUT2D eigenvalue weighted by Gasteiger charge is -2.10. The first-order valence-electron chi connectivity index (χ1n) is 8.38. The van der Waals surface area contributed by atoms with Crippen LogP contribution in [-0.4, -0.2) is 25.5 Å². The minimum Gasteiger partial charge on any atom is -0.496 e. The highest BCUT2D eigenvalue weighted by Gasteiger charge is 2.12. The second-order valence-corrected chi connectivity index (χ2v) is 5.78. The van der Waals surface area contributed by atoms with E-state index in [0.29, 0.717) is 11.3 Å². The van der Waals surface area contributed by atoms with Crippen LogP contribution in [-0.2, 0) is 4.79 Å². The van der Waals surface area contributed by atoms with Crippen LogP contribution >= 0.6 is 0 Å². The number of carbonyl (C=O) groups excluding carboxylic acids is 2. The van der Waals surface area contributed by atoms with Crippen LogP contribution in [0.4, 0.5) is 5.69 Å². The summed E-state index contributed by atoms with van der Waals surface area (Å²) in [7, 11) is 1.52. The van der Waals surface area contributed by atoms with Gasteiger partial charge in [0, 0.05) is 24.0 Å². The molecule has 132 valence electrons. The Bertz CT molecular complexity index is 932. The lowest BCUT2D eigenvalue weighted by molar-refractivity contribution is -0.116. The molecule has 0 saturated heterocycles. The van der Waals surface area contributed by atoms with Gasteiger partial charge in [0.25, 0.3) is 5.91 Å². The van der Waals surface area contributed by atoms with E-state index in [-0.39, 0.29) is 24.8 Å². The van der Waals surface area contributed by atoms with Crippen molar-refractivity contribution < 1.29 is 14.3 Å². The van der Waals surface area contributed by atoms with E-state index >= 15 is 0 Å². The molecule has 0 aromatic heterocycles. The van der Waals surface area contributed by atoms with Gasteiger partial charge >= 0.3 is 0 Å². The summed E-state index contributed by atoms with van der Waals surface area (Å²) < 4.78 is 5.17. The number of para-hydroxylation sites is 1. The number of hydrogen-bond acceptors (Lipinski definition) is 3. The number of rotatable bonds is 6. The van der Waals surface area contributed by atoms with Crippen molar-refractivity contribution in [2.75, 3.05) is 19.0 Å². The second-order valence-electron chi connectivity index (χ2n) is 5.78. The maximum atomic E-state index is 12.2. The van der Waals surface area contributed by atoms with Gasteiger partial charge in [0.1, 0.15) is 5.75 Å². The quantitative estimate of drug-likeness (QED) is 0.715. The Kier molecular flexibility index (Phi) is 5.49. The summed E-state index contributed by atoms with van der Waals surface area (Å²) in [5.41, 5.74) is 1.22. The van der Waals surface area contributed by atoms with Crippen molar-refractivity contribution >= 4 is 28.3 Å². The fraction of sp³-hybridized carbons (Fsp3) is 0.143. The van der Waals surface area contributed by atoms with Crippen LogP contribution in [0.5, 0.6) is 5.75 Å². The molecular formula is C21H20N2O3. The van der Waals surface area contributed by atoms with Gasteiger partial charge in [0.05, 0.1) is 12.7 Å². The fourth-order valence-corrected chi connectivity index (χ4v) is 2.76. The lowest BCUT2D eigenvalue weighted by Crippen LogP contribution is -2.28. The average Bonchev–Trinajstić information content (AvgIpc) is 2.68. The molecule has 0 aliphatic carbocycles. The van der Waals surface area contributed by atoms with Crippen LogP contribution in [0.1, 0.15) is 16.8 Å². The molecule has 5 heteroatoms. The second kappa shape index (κ2) is 8.16. The van der Waals surface area contributed by atoms with Gasteiger partial charge in [-0.25, -0.2) is 0 Å². The maximum Gasteiger partial charge on any atom is 0.255 e. The minimum atomic E-state index is -0.264. The van der Waals surface area contributed by atoms with E-state index in [9.17, 15) is 9.59 Å². The van der Waals surface area contributed by atoms with Gasteiger partial charge in [-0.3, -0.25) is 9.59 Å². The molecule has 0 bridgehead atoms. The van der Waals surface area contributed by atoms with E-state index < -0.39 is 0 Å². The van der Waals surface area contributed by atoms with E-state index in [1.54, 1.807) is 24.3 Å². The summed E-state index contributed by atoms with van der Waals surface area (Å²) in [6, 6.07) is 20.6. The smallest absolute Gasteiger partial charge is 0.255 e. The van der Waals surface area contributed by atoms with E-state index in [1.807, 2.05) is 42.5 Å². The van der Waals surface area contributed by atoms with E-state index in [2.05, 4.69) is 10.6 Å². The molecule has 0 radical (unpaired) electrons. The molecule has 0 spiro atoms. The van der Waals surface area contributed by atoms with Crippen molar-refractivity contribution in [1.82, 2.24) is 5.32 Å². The van der Waals surface area contributed by atoms with Crippen LogP contribution in [0.2, 0.25) is 0 Å². The fourth-order valence-electron chi connectivity index (χ4n) is 2.76. The number of benzene rings is 3. The molecule has 0 heterocycles. The van der Waals surface area contributed by atoms with Gasteiger partial charge in [-0.15, -0.1) is 0 Å². The molecule has 0 aliphatic heterocycles. The molecule has 2 N–H and O–H groups in total. The zero-order valence-corrected chi connectivity index (χ0v) is 14.5. The highest BCUT2D eigenvalue weighted by molar-refractivity contribution is 6.02. The zero-order chi connectivity index (χ0) is 18.4. The molecular weight excluding hydrogens is 328 g/mol. The molecule has 0 unspecified atom stereocenters. The van der Waals surface area contributed by atoms with Crippen LogP contribution in [0.3, 0.4) is 0 Å². The summed E-state index contributed by atoms with van der Waals surface area (Å²) >= 11 is 0. The Morgan fingerprint density at radius 1 is 0.923 bits per heavy atom. The van der Waals surface area contributed by atoms with Gasteiger partial charge in [-0.1, -0.05) is 48.5 Å². The Balaban J connectivity index is 1.57. The molecule has 26 heavy (non-hydrogen) atoms. The maximum absolute atomic E-state index is 12.2. The first kappa shape index (κ1) is 17.5. The van der Waals surface area contributed by atoms with Gasteiger partial charge < -0.3 is 15.4 Å². The Morgan fingerprint density at radius 3 is 2.50 bits per heavy atom. The van der Waals surface area contributed by atoms with Crippen LogP contribution in [0.15, 0.2) is 66.7 Å². The normalized spacial score (nSPS) is 10.3. The molecule has 0 atom stereocenters. The monoisotopic (exact) mass is 348 g/mol. The molecule has 0 fully saturated rings. The van der Waals surface area contributed by atoms with Crippen molar-refractivity contribution in [2.45, 2.75) is 6.42 Å². The standard InChI is InChI=1S/C21H20N2O3/c1-26-19-12-5-4-10-17(19)21(25)22-14-13-20(24)23-18-11-6-8-15-7-2-3-9-16(15)18/h2-12H,13-14H2,1H3,(H,22,25)(H,23,24). The van der Waals surface area contributed by atoms with Gasteiger partial charge in [-0.2, -0.15) is 0 Å². The minimum absolute atomic E-state index is 0.151. The highest BCUT2D eigenvalue weighted by atomic mass is 16.5. The zero-order valence-electron chi connectivity index (χ0n) is 14.5. The van der Waals surface area contributed by atoms with Gasteiger partial charge in [0.15, 0.2) is 0 Å². The van der Waals surface area contributed by atoms with Gasteiger partial charge in [0.2, 0.25) is 5.91 Å². The number of methoxy groups -OCH3 is 1. The van der Waals surface area contributed by atoms with Crippen molar-refractivity contribution in [1.29, 1.82) is 0 Å². The predicted molar refractivity (Wildman–Crippen MR) is 103 cm³/mol.